The van der Waals surface area contributed by atoms with Gasteiger partial charge in [-0.15, -0.1) is 11.3 Å². The van der Waals surface area contributed by atoms with E-state index in [0.717, 1.165) is 43.4 Å². The molecule has 1 amide bonds. The van der Waals surface area contributed by atoms with Gasteiger partial charge in [-0.1, -0.05) is 18.1 Å². The minimum Gasteiger partial charge on any atom is -0.359 e. The van der Waals surface area contributed by atoms with Crippen LogP contribution in [0.2, 0.25) is 0 Å². The molecule has 7 heteroatoms. The zero-order chi connectivity index (χ0) is 17.8. The molecule has 3 heterocycles. The summed E-state index contributed by atoms with van der Waals surface area (Å²) in [5.74, 6) is 0.650. The molecule has 1 aliphatic heterocycles. The number of aromatic nitrogens is 1. The first-order valence-corrected chi connectivity index (χ1v) is 9.67. The summed E-state index contributed by atoms with van der Waals surface area (Å²) in [4.78, 5) is 20.3. The number of piperazine rings is 1. The average Bonchev–Trinajstić information content (AvgIpc) is 3.32. The molecule has 2 aromatic rings. The van der Waals surface area contributed by atoms with E-state index in [1.165, 1.54) is 0 Å². The summed E-state index contributed by atoms with van der Waals surface area (Å²) in [6, 6.07) is 5.85. The monoisotopic (exact) mass is 362 g/mol. The van der Waals surface area contributed by atoms with Crippen molar-refractivity contribution in [1.29, 1.82) is 0 Å². The molecule has 2 aromatic heterocycles. The van der Waals surface area contributed by atoms with Crippen molar-refractivity contribution in [2.45, 2.75) is 26.4 Å². The Bertz CT molecular complexity index is 677. The Balaban J connectivity index is 1.58. The van der Waals surface area contributed by atoms with Crippen molar-refractivity contribution in [3.05, 3.63) is 39.9 Å². The zero-order valence-corrected chi connectivity index (χ0v) is 16.0. The molecule has 0 N–H and O–H groups in total. The minimum absolute atomic E-state index is 0.0229. The number of amides is 1. The Morgan fingerprint density at radius 2 is 2.08 bits per heavy atom. The number of hydrogen-bond acceptors (Lipinski definition) is 6. The molecule has 0 saturated carbocycles. The molecule has 0 unspecified atom stereocenters. The lowest BCUT2D eigenvalue weighted by molar-refractivity contribution is 0.0734. The highest BCUT2D eigenvalue weighted by molar-refractivity contribution is 7.10. The third kappa shape index (κ3) is 4.29. The van der Waals surface area contributed by atoms with Crippen LogP contribution in [0, 0.1) is 0 Å². The van der Waals surface area contributed by atoms with Crippen molar-refractivity contribution in [3.8, 4) is 0 Å². The Kier molecular flexibility index (Phi) is 5.88. The van der Waals surface area contributed by atoms with Crippen LogP contribution in [0.25, 0.3) is 0 Å². The summed E-state index contributed by atoms with van der Waals surface area (Å²) >= 11 is 1.65. The van der Waals surface area contributed by atoms with Crippen LogP contribution in [0.3, 0.4) is 0 Å². The van der Waals surface area contributed by atoms with Crippen LogP contribution >= 0.6 is 11.3 Å². The molecular formula is C18H26N4O2S. The number of rotatable bonds is 6. The fourth-order valence-corrected chi connectivity index (χ4v) is 3.88. The molecule has 25 heavy (non-hydrogen) atoms. The Labute approximate surface area is 153 Å². The molecule has 1 atom stereocenters. The number of carbonyl (C=O) groups is 1. The van der Waals surface area contributed by atoms with E-state index in [9.17, 15) is 4.79 Å². The maximum atomic E-state index is 12.7. The first-order valence-electron chi connectivity index (χ1n) is 8.79. The van der Waals surface area contributed by atoms with Crippen molar-refractivity contribution in [3.63, 3.8) is 0 Å². The molecule has 1 aliphatic rings. The van der Waals surface area contributed by atoms with Gasteiger partial charge in [0.2, 0.25) is 0 Å². The van der Waals surface area contributed by atoms with Crippen LogP contribution in [0.15, 0.2) is 28.1 Å². The summed E-state index contributed by atoms with van der Waals surface area (Å²) in [5, 5.41) is 6.02. The predicted molar refractivity (Wildman–Crippen MR) is 98.7 cm³/mol. The molecule has 1 saturated heterocycles. The minimum atomic E-state index is -0.105. The van der Waals surface area contributed by atoms with Crippen molar-refractivity contribution in [1.82, 2.24) is 19.9 Å². The molecule has 0 bridgehead atoms. The maximum Gasteiger partial charge on any atom is 0.276 e. The molecular weight excluding hydrogens is 336 g/mol. The second kappa shape index (κ2) is 8.12. The predicted octanol–water partition coefficient (Wildman–Crippen LogP) is 2.71. The van der Waals surface area contributed by atoms with Crippen LogP contribution in [-0.2, 0) is 6.54 Å². The van der Waals surface area contributed by atoms with E-state index in [1.807, 2.05) is 31.5 Å². The van der Waals surface area contributed by atoms with Crippen LogP contribution in [0.1, 0.15) is 41.0 Å². The number of nitrogens with zero attached hydrogens (tertiary/aromatic N) is 4. The number of hydrogen-bond donors (Lipinski definition) is 0. The summed E-state index contributed by atoms with van der Waals surface area (Å²) < 4.78 is 5.41. The van der Waals surface area contributed by atoms with E-state index in [0.29, 0.717) is 12.2 Å². The fraction of sp³-hybridized carbons (Fsp3) is 0.556. The van der Waals surface area contributed by atoms with E-state index in [-0.39, 0.29) is 11.9 Å². The van der Waals surface area contributed by atoms with E-state index < -0.39 is 0 Å². The van der Waals surface area contributed by atoms with Gasteiger partial charge in [0.1, 0.15) is 0 Å². The van der Waals surface area contributed by atoms with Gasteiger partial charge in [-0.2, -0.15) is 0 Å². The molecule has 6 nitrogen and oxygen atoms in total. The summed E-state index contributed by atoms with van der Waals surface area (Å²) in [7, 11) is 1.81. The molecule has 1 fully saturated rings. The molecule has 0 aliphatic carbocycles. The highest BCUT2D eigenvalue weighted by Gasteiger charge is 2.24. The highest BCUT2D eigenvalue weighted by atomic mass is 32.1. The lowest BCUT2D eigenvalue weighted by Gasteiger charge is -2.33. The quantitative estimate of drug-likeness (QED) is 0.791. The normalized spacial score (nSPS) is 17.6. The zero-order valence-electron chi connectivity index (χ0n) is 15.1. The molecule has 0 aromatic carbocycles. The number of thiophene rings is 1. The molecule has 0 radical (unpaired) electrons. The third-order valence-corrected chi connectivity index (χ3v) is 5.97. The van der Waals surface area contributed by atoms with Crippen LogP contribution in [0.5, 0.6) is 0 Å². The van der Waals surface area contributed by atoms with Crippen LogP contribution in [-0.4, -0.2) is 65.5 Å². The van der Waals surface area contributed by atoms with E-state index in [4.69, 9.17) is 4.52 Å². The second-order valence-electron chi connectivity index (χ2n) is 6.50. The highest BCUT2D eigenvalue weighted by Crippen LogP contribution is 2.24. The first kappa shape index (κ1) is 18.1. The van der Waals surface area contributed by atoms with Gasteiger partial charge in [-0.25, -0.2) is 0 Å². The van der Waals surface area contributed by atoms with Gasteiger partial charge in [0.15, 0.2) is 11.5 Å². The fourth-order valence-electron chi connectivity index (χ4n) is 3.05. The Morgan fingerprint density at radius 3 is 2.72 bits per heavy atom. The van der Waals surface area contributed by atoms with Gasteiger partial charge in [0, 0.05) is 44.2 Å². The second-order valence-corrected chi connectivity index (χ2v) is 7.48. The van der Waals surface area contributed by atoms with Crippen molar-refractivity contribution in [2.24, 2.45) is 0 Å². The first-order chi connectivity index (χ1) is 12.1. The average molecular weight is 362 g/mol. The topological polar surface area (TPSA) is 52.8 Å². The summed E-state index contributed by atoms with van der Waals surface area (Å²) in [6.45, 7) is 10.2. The lowest BCUT2D eigenvalue weighted by atomic mass is 10.2. The van der Waals surface area contributed by atoms with E-state index >= 15 is 0 Å². The lowest BCUT2D eigenvalue weighted by Crippen LogP contribution is -2.45. The van der Waals surface area contributed by atoms with E-state index in [1.54, 1.807) is 22.3 Å². The van der Waals surface area contributed by atoms with Gasteiger partial charge in [-0.3, -0.25) is 9.69 Å². The van der Waals surface area contributed by atoms with Gasteiger partial charge < -0.3 is 14.3 Å². The largest absolute Gasteiger partial charge is 0.359 e. The summed E-state index contributed by atoms with van der Waals surface area (Å²) in [5.41, 5.74) is 0.383. The van der Waals surface area contributed by atoms with Crippen LogP contribution in [0.4, 0.5) is 0 Å². The third-order valence-electron chi connectivity index (χ3n) is 4.93. The van der Waals surface area contributed by atoms with Gasteiger partial charge in [0.25, 0.3) is 5.91 Å². The summed E-state index contributed by atoms with van der Waals surface area (Å²) in [6.07, 6.45) is 0. The number of carbonyl (C=O) groups excluding carboxylic acids is 1. The number of likely N-dealkylation sites (N-methyl/N-ethyl adjacent to an activating group) is 1. The molecule has 3 rings (SSSR count). The van der Waals surface area contributed by atoms with Crippen LogP contribution < -0.4 is 0 Å². The van der Waals surface area contributed by atoms with Crippen molar-refractivity contribution >= 4 is 17.2 Å². The SMILES string of the molecule is CCN1CCN(Cc2cc(C(=O)N(C)[C@H](C)c3cccs3)no2)CC1. The smallest absolute Gasteiger partial charge is 0.276 e. The Morgan fingerprint density at radius 1 is 1.36 bits per heavy atom. The van der Waals surface area contributed by atoms with Gasteiger partial charge in [-0.05, 0) is 24.9 Å². The van der Waals surface area contributed by atoms with Crippen molar-refractivity contribution in [2.75, 3.05) is 39.8 Å². The van der Waals surface area contributed by atoms with Crippen molar-refractivity contribution < 1.29 is 9.32 Å². The van der Waals surface area contributed by atoms with Gasteiger partial charge in [0.05, 0.1) is 12.6 Å². The maximum absolute atomic E-state index is 12.7. The molecule has 0 spiro atoms. The Hall–Kier alpha value is -1.70. The molecule has 136 valence electrons. The van der Waals surface area contributed by atoms with Gasteiger partial charge >= 0.3 is 0 Å². The standard InChI is InChI=1S/C18H26N4O2S/c1-4-21-7-9-22(10-8-21)13-15-12-16(19-24-15)18(23)20(3)14(2)17-6-5-11-25-17/h5-6,11-12,14H,4,7-10,13H2,1-3H3/t14-/m1/s1. The van der Waals surface area contributed by atoms with E-state index in [2.05, 4.69) is 21.9 Å².